The monoisotopic (exact) mass is 444 g/mol. The van der Waals surface area contributed by atoms with Crippen molar-refractivity contribution in [2.45, 2.75) is 81.7 Å². The number of rotatable bonds is 7. The fraction of sp³-hybridized carbons (Fsp3) is 0.800. The van der Waals surface area contributed by atoms with Gasteiger partial charge in [0.05, 0.1) is 5.25 Å². The number of carbonyl (C=O) groups is 1. The van der Waals surface area contributed by atoms with E-state index in [2.05, 4.69) is 10.5 Å². The van der Waals surface area contributed by atoms with Gasteiger partial charge < -0.3 is 18.7 Å². The topological polar surface area (TPSA) is 117 Å². The third kappa shape index (κ3) is 4.87. The summed E-state index contributed by atoms with van der Waals surface area (Å²) in [6, 6.07) is 1.55. The highest BCUT2D eigenvalue weighted by Crippen LogP contribution is 2.32. The summed E-state index contributed by atoms with van der Waals surface area (Å²) in [6.07, 6.45) is 3.33. The Hall–Kier alpha value is -1.49. The highest BCUT2D eigenvalue weighted by atomic mass is 32.2. The number of nitrogens with one attached hydrogen (secondary N) is 1. The molecule has 2 saturated heterocycles. The molecule has 30 heavy (non-hydrogen) atoms. The highest BCUT2D eigenvalue weighted by Gasteiger charge is 2.47. The van der Waals surface area contributed by atoms with Crippen molar-refractivity contribution in [1.82, 2.24) is 5.16 Å². The molecule has 0 bridgehead atoms. The second kappa shape index (κ2) is 8.94. The van der Waals surface area contributed by atoms with E-state index in [0.29, 0.717) is 38.4 Å². The Labute approximate surface area is 177 Å². The molecule has 0 radical (unpaired) electrons. The van der Waals surface area contributed by atoms with Crippen molar-refractivity contribution in [2.75, 3.05) is 25.1 Å². The molecule has 3 heterocycles. The minimum Gasteiger partial charge on any atom is -0.381 e. The third-order valence-electron chi connectivity index (χ3n) is 5.79. The number of nitrogens with zero attached hydrogens (tertiary/aromatic N) is 1. The number of ether oxygens (including phenoxy) is 3. The van der Waals surface area contributed by atoms with Gasteiger partial charge in [-0.1, -0.05) is 5.16 Å². The van der Waals surface area contributed by atoms with Gasteiger partial charge in [0.1, 0.15) is 16.0 Å². The normalized spacial score (nSPS) is 22.1. The number of hydrogen-bond acceptors (Lipinski definition) is 8. The van der Waals surface area contributed by atoms with E-state index in [4.69, 9.17) is 18.7 Å². The minimum absolute atomic E-state index is 0.0755. The number of sulfone groups is 1. The second-order valence-electron chi connectivity index (χ2n) is 8.82. The van der Waals surface area contributed by atoms with Gasteiger partial charge in [0, 0.05) is 25.9 Å². The second-order valence-corrected chi connectivity index (χ2v) is 11.6. The zero-order chi connectivity index (χ0) is 22.0. The molecular weight excluding hydrogens is 412 g/mol. The summed E-state index contributed by atoms with van der Waals surface area (Å²) in [5.41, 5.74) is -0.310. The molecule has 10 heteroatoms. The molecule has 1 aromatic heterocycles. The van der Waals surface area contributed by atoms with E-state index in [-0.39, 0.29) is 12.2 Å². The molecule has 0 spiro atoms. The van der Waals surface area contributed by atoms with E-state index in [1.54, 1.807) is 6.07 Å². The van der Waals surface area contributed by atoms with Crippen LogP contribution in [-0.2, 0) is 34.4 Å². The van der Waals surface area contributed by atoms with Crippen LogP contribution in [0.25, 0.3) is 0 Å². The van der Waals surface area contributed by atoms with Crippen LogP contribution in [0.15, 0.2) is 10.6 Å². The van der Waals surface area contributed by atoms with Crippen LogP contribution in [0, 0.1) is 0 Å². The first kappa shape index (κ1) is 23.2. The van der Waals surface area contributed by atoms with E-state index < -0.39 is 31.3 Å². The van der Waals surface area contributed by atoms with Crippen molar-refractivity contribution in [2.24, 2.45) is 0 Å². The van der Waals surface area contributed by atoms with Gasteiger partial charge in [-0.3, -0.25) is 10.1 Å². The summed E-state index contributed by atoms with van der Waals surface area (Å²) >= 11 is 0. The van der Waals surface area contributed by atoms with Crippen LogP contribution < -0.4 is 5.32 Å². The average Bonchev–Trinajstić information content (AvgIpc) is 3.18. The number of carbonyl (C=O) groups excluding carboxylic acids is 1. The summed E-state index contributed by atoms with van der Waals surface area (Å²) in [4.78, 5) is 12.8. The molecule has 0 saturated carbocycles. The first-order valence-corrected chi connectivity index (χ1v) is 12.0. The summed E-state index contributed by atoms with van der Waals surface area (Å²) in [5, 5.41) is 5.97. The third-order valence-corrected chi connectivity index (χ3v) is 8.75. The fourth-order valence-corrected chi connectivity index (χ4v) is 5.56. The lowest BCUT2D eigenvalue weighted by molar-refractivity contribution is -0.220. The van der Waals surface area contributed by atoms with Crippen molar-refractivity contribution in [3.63, 3.8) is 0 Å². The van der Waals surface area contributed by atoms with Crippen LogP contribution in [0.3, 0.4) is 0 Å². The summed E-state index contributed by atoms with van der Waals surface area (Å²) in [7, 11) is -3.72. The Bertz CT molecular complexity index is 835. The maximum absolute atomic E-state index is 13.0. The van der Waals surface area contributed by atoms with Crippen molar-refractivity contribution in [1.29, 1.82) is 0 Å². The SMILES string of the molecule is CC(C)(OC1CCCCO1)c1cc(NC(=O)C(C)(C)S(=O)(=O)C2CCOCC2)on1. The van der Waals surface area contributed by atoms with Crippen molar-refractivity contribution < 1.29 is 31.9 Å². The van der Waals surface area contributed by atoms with Crippen LogP contribution in [0.5, 0.6) is 0 Å². The molecule has 9 nitrogen and oxygen atoms in total. The number of anilines is 1. The maximum atomic E-state index is 13.0. The van der Waals surface area contributed by atoms with Gasteiger partial charge in [-0.05, 0) is 59.8 Å². The molecule has 3 rings (SSSR count). The first-order chi connectivity index (χ1) is 14.0. The van der Waals surface area contributed by atoms with Crippen LogP contribution in [0.2, 0.25) is 0 Å². The van der Waals surface area contributed by atoms with Crippen molar-refractivity contribution >= 4 is 21.6 Å². The summed E-state index contributed by atoms with van der Waals surface area (Å²) in [5.74, 6) is -0.586. The molecular formula is C20H32N2O7S. The van der Waals surface area contributed by atoms with E-state index in [0.717, 1.165) is 19.3 Å². The van der Waals surface area contributed by atoms with Gasteiger partial charge in [-0.15, -0.1) is 0 Å². The molecule has 170 valence electrons. The van der Waals surface area contributed by atoms with Crippen LogP contribution in [0.1, 0.15) is 65.5 Å². The molecule has 1 amide bonds. The van der Waals surface area contributed by atoms with Crippen LogP contribution >= 0.6 is 0 Å². The van der Waals surface area contributed by atoms with E-state index in [9.17, 15) is 13.2 Å². The smallest absolute Gasteiger partial charge is 0.247 e. The van der Waals surface area contributed by atoms with Crippen molar-refractivity contribution in [3.8, 4) is 0 Å². The predicted molar refractivity (Wildman–Crippen MR) is 110 cm³/mol. The zero-order valence-electron chi connectivity index (χ0n) is 18.1. The van der Waals surface area contributed by atoms with Crippen LogP contribution in [0.4, 0.5) is 5.88 Å². The molecule has 0 aliphatic carbocycles. The van der Waals surface area contributed by atoms with Gasteiger partial charge in [0.25, 0.3) is 0 Å². The molecule has 1 atom stereocenters. The largest absolute Gasteiger partial charge is 0.381 e. The van der Waals surface area contributed by atoms with Crippen LogP contribution in [-0.4, -0.2) is 55.6 Å². The fourth-order valence-electron chi connectivity index (χ4n) is 3.61. The number of aromatic nitrogens is 1. The van der Waals surface area contributed by atoms with Gasteiger partial charge in [-0.25, -0.2) is 8.42 Å². The maximum Gasteiger partial charge on any atom is 0.247 e. The van der Waals surface area contributed by atoms with E-state index >= 15 is 0 Å². The van der Waals surface area contributed by atoms with Gasteiger partial charge >= 0.3 is 0 Å². The Balaban J connectivity index is 1.67. The molecule has 1 N–H and O–H groups in total. The highest BCUT2D eigenvalue weighted by molar-refractivity contribution is 7.94. The Kier molecular flexibility index (Phi) is 6.91. The molecule has 1 aromatic rings. The molecule has 2 fully saturated rings. The lowest BCUT2D eigenvalue weighted by atomic mass is 10.0. The molecule has 2 aliphatic heterocycles. The Morgan fingerprint density at radius 2 is 1.83 bits per heavy atom. The van der Waals surface area contributed by atoms with E-state index in [1.165, 1.54) is 13.8 Å². The van der Waals surface area contributed by atoms with Gasteiger partial charge in [0.15, 0.2) is 16.1 Å². The standard InChI is InChI=1S/C20H32N2O7S/c1-19(2,28-17-7-5-6-10-27-17)15-13-16(29-22-15)21-18(23)20(3,4)30(24,25)14-8-11-26-12-9-14/h13-14,17H,5-12H2,1-4H3,(H,21,23). The van der Waals surface area contributed by atoms with E-state index in [1.807, 2.05) is 13.8 Å². The zero-order valence-corrected chi connectivity index (χ0v) is 18.9. The first-order valence-electron chi connectivity index (χ1n) is 10.4. The average molecular weight is 445 g/mol. The van der Waals surface area contributed by atoms with Crippen molar-refractivity contribution in [3.05, 3.63) is 11.8 Å². The Morgan fingerprint density at radius 1 is 1.13 bits per heavy atom. The lowest BCUT2D eigenvalue weighted by Gasteiger charge is -2.31. The Morgan fingerprint density at radius 3 is 2.47 bits per heavy atom. The minimum atomic E-state index is -3.72. The lowest BCUT2D eigenvalue weighted by Crippen LogP contribution is -2.50. The molecule has 1 unspecified atom stereocenters. The predicted octanol–water partition coefficient (Wildman–Crippen LogP) is 2.76. The number of amides is 1. The quantitative estimate of drug-likeness (QED) is 0.682. The molecule has 0 aromatic carbocycles. The summed E-state index contributed by atoms with van der Waals surface area (Å²) < 4.78 is 46.6. The van der Waals surface area contributed by atoms with Gasteiger partial charge in [-0.2, -0.15) is 0 Å². The number of hydrogen-bond donors (Lipinski definition) is 1. The summed E-state index contributed by atoms with van der Waals surface area (Å²) in [6.45, 7) is 7.94. The van der Waals surface area contributed by atoms with Gasteiger partial charge in [0.2, 0.25) is 11.8 Å². The molecule has 2 aliphatic rings.